The molecule has 0 radical (unpaired) electrons. The quantitative estimate of drug-likeness (QED) is 0.886. The van der Waals surface area contributed by atoms with Gasteiger partial charge in [0, 0.05) is 19.6 Å². The Morgan fingerprint density at radius 2 is 1.84 bits per heavy atom. The van der Waals surface area contributed by atoms with E-state index in [1.54, 1.807) is 0 Å². The molecule has 0 spiro atoms. The van der Waals surface area contributed by atoms with E-state index in [4.69, 9.17) is 0 Å². The molecular formula is C16H24N2O. The van der Waals surface area contributed by atoms with Crippen LogP contribution in [0.4, 0.5) is 4.79 Å². The van der Waals surface area contributed by atoms with Gasteiger partial charge in [-0.15, -0.1) is 0 Å². The molecule has 1 fully saturated rings. The monoisotopic (exact) mass is 260 g/mol. The number of rotatable bonds is 3. The van der Waals surface area contributed by atoms with E-state index in [1.807, 2.05) is 11.9 Å². The number of hydrogen-bond donors (Lipinski definition) is 1. The molecule has 0 aliphatic heterocycles. The lowest BCUT2D eigenvalue weighted by Gasteiger charge is -2.31. The largest absolute Gasteiger partial charge is 0.334 e. The predicted octanol–water partition coefficient (Wildman–Crippen LogP) is 3.47. The highest BCUT2D eigenvalue weighted by atomic mass is 16.2. The zero-order valence-corrected chi connectivity index (χ0v) is 12.0. The average molecular weight is 260 g/mol. The first-order valence-electron chi connectivity index (χ1n) is 7.23. The van der Waals surface area contributed by atoms with Gasteiger partial charge in [-0.2, -0.15) is 0 Å². The van der Waals surface area contributed by atoms with Gasteiger partial charge in [0.05, 0.1) is 0 Å². The molecule has 3 nitrogen and oxygen atoms in total. The van der Waals surface area contributed by atoms with Crippen molar-refractivity contribution in [3.8, 4) is 0 Å². The van der Waals surface area contributed by atoms with Gasteiger partial charge in [0.1, 0.15) is 0 Å². The molecule has 0 unspecified atom stereocenters. The Hall–Kier alpha value is -1.51. The summed E-state index contributed by atoms with van der Waals surface area (Å²) in [5.41, 5.74) is 2.39. The summed E-state index contributed by atoms with van der Waals surface area (Å²) in [6.45, 7) is 2.68. The molecule has 1 aromatic rings. The zero-order valence-electron chi connectivity index (χ0n) is 12.0. The highest BCUT2D eigenvalue weighted by molar-refractivity contribution is 5.74. The summed E-state index contributed by atoms with van der Waals surface area (Å²) < 4.78 is 0. The molecule has 0 aromatic heterocycles. The average Bonchev–Trinajstić information content (AvgIpc) is 2.46. The Morgan fingerprint density at radius 1 is 1.21 bits per heavy atom. The number of urea groups is 1. The fourth-order valence-electron chi connectivity index (χ4n) is 2.64. The van der Waals surface area contributed by atoms with Crippen molar-refractivity contribution < 1.29 is 4.79 Å². The molecular weight excluding hydrogens is 236 g/mol. The van der Waals surface area contributed by atoms with Gasteiger partial charge < -0.3 is 10.2 Å². The third-order valence-electron chi connectivity index (χ3n) is 4.01. The summed E-state index contributed by atoms with van der Waals surface area (Å²) >= 11 is 0. The van der Waals surface area contributed by atoms with Crippen LogP contribution in [0.25, 0.3) is 0 Å². The van der Waals surface area contributed by atoms with Crippen molar-refractivity contribution in [1.29, 1.82) is 0 Å². The van der Waals surface area contributed by atoms with Gasteiger partial charge in [-0.1, -0.05) is 49.1 Å². The molecule has 3 heteroatoms. The number of aryl methyl sites for hydroxylation is 1. The van der Waals surface area contributed by atoms with Crippen LogP contribution in [0.3, 0.4) is 0 Å². The molecule has 1 N–H and O–H groups in total. The van der Waals surface area contributed by atoms with Crippen LogP contribution >= 0.6 is 0 Å². The van der Waals surface area contributed by atoms with Crippen molar-refractivity contribution in [1.82, 2.24) is 10.2 Å². The second-order valence-corrected chi connectivity index (χ2v) is 5.55. The van der Waals surface area contributed by atoms with E-state index in [0.29, 0.717) is 12.6 Å². The van der Waals surface area contributed by atoms with E-state index in [1.165, 1.54) is 24.8 Å². The molecule has 2 rings (SSSR count). The van der Waals surface area contributed by atoms with Crippen molar-refractivity contribution in [2.75, 3.05) is 7.05 Å². The van der Waals surface area contributed by atoms with E-state index in [0.717, 1.165) is 18.4 Å². The van der Waals surface area contributed by atoms with Crippen molar-refractivity contribution in [3.63, 3.8) is 0 Å². The van der Waals surface area contributed by atoms with E-state index >= 15 is 0 Å². The van der Waals surface area contributed by atoms with Crippen molar-refractivity contribution in [2.45, 2.75) is 51.6 Å². The van der Waals surface area contributed by atoms with E-state index < -0.39 is 0 Å². The number of carbonyl (C=O) groups excluding carboxylic acids is 1. The van der Waals surface area contributed by atoms with Gasteiger partial charge in [0.25, 0.3) is 0 Å². The Kier molecular flexibility index (Phi) is 4.83. The van der Waals surface area contributed by atoms with E-state index in [-0.39, 0.29) is 6.03 Å². The van der Waals surface area contributed by atoms with Gasteiger partial charge in [-0.3, -0.25) is 0 Å². The van der Waals surface area contributed by atoms with Crippen LogP contribution in [0, 0.1) is 6.92 Å². The van der Waals surface area contributed by atoms with Crippen LogP contribution in [0.15, 0.2) is 24.3 Å². The maximum Gasteiger partial charge on any atom is 0.317 e. The number of carbonyl (C=O) groups is 1. The smallest absolute Gasteiger partial charge is 0.317 e. The van der Waals surface area contributed by atoms with E-state index in [2.05, 4.69) is 36.5 Å². The molecule has 0 heterocycles. The van der Waals surface area contributed by atoms with Crippen LogP contribution in [-0.2, 0) is 6.54 Å². The Morgan fingerprint density at radius 3 is 2.47 bits per heavy atom. The van der Waals surface area contributed by atoms with Gasteiger partial charge in [0.2, 0.25) is 0 Å². The predicted molar refractivity (Wildman–Crippen MR) is 78.1 cm³/mol. The maximum absolute atomic E-state index is 12.1. The fourth-order valence-corrected chi connectivity index (χ4v) is 2.64. The normalized spacial score (nSPS) is 16.1. The lowest BCUT2D eigenvalue weighted by Crippen LogP contribution is -2.44. The molecule has 104 valence electrons. The third kappa shape index (κ3) is 3.98. The van der Waals surface area contributed by atoms with Crippen LogP contribution < -0.4 is 5.32 Å². The molecule has 0 saturated heterocycles. The summed E-state index contributed by atoms with van der Waals surface area (Å²) in [7, 11) is 1.92. The van der Waals surface area contributed by atoms with Crippen LogP contribution in [0.2, 0.25) is 0 Å². The standard InChI is InChI=1S/C16H24N2O/c1-13-8-10-14(11-9-13)12-17-16(19)18(2)15-6-4-3-5-7-15/h8-11,15H,3-7,12H2,1-2H3,(H,17,19). The topological polar surface area (TPSA) is 32.3 Å². The van der Waals surface area contributed by atoms with Gasteiger partial charge in [0.15, 0.2) is 0 Å². The van der Waals surface area contributed by atoms with Gasteiger partial charge in [-0.25, -0.2) is 4.79 Å². The number of amides is 2. The lowest BCUT2D eigenvalue weighted by atomic mass is 9.95. The molecule has 0 atom stereocenters. The Labute approximate surface area is 116 Å². The first kappa shape index (κ1) is 13.9. The number of benzene rings is 1. The van der Waals surface area contributed by atoms with Crippen LogP contribution in [0.1, 0.15) is 43.2 Å². The van der Waals surface area contributed by atoms with Gasteiger partial charge in [-0.05, 0) is 25.3 Å². The van der Waals surface area contributed by atoms with Crippen LogP contribution in [0.5, 0.6) is 0 Å². The second kappa shape index (κ2) is 6.60. The summed E-state index contributed by atoms with van der Waals surface area (Å²) in [5, 5.41) is 3.00. The summed E-state index contributed by atoms with van der Waals surface area (Å²) in [4.78, 5) is 14.0. The molecule has 1 saturated carbocycles. The molecule has 0 bridgehead atoms. The Balaban J connectivity index is 1.81. The molecule has 19 heavy (non-hydrogen) atoms. The minimum atomic E-state index is 0.0486. The number of nitrogens with zero attached hydrogens (tertiary/aromatic N) is 1. The van der Waals surface area contributed by atoms with Crippen molar-refractivity contribution in [3.05, 3.63) is 35.4 Å². The molecule has 1 aromatic carbocycles. The minimum Gasteiger partial charge on any atom is -0.334 e. The zero-order chi connectivity index (χ0) is 13.7. The molecule has 1 aliphatic carbocycles. The first-order valence-corrected chi connectivity index (χ1v) is 7.23. The van der Waals surface area contributed by atoms with Gasteiger partial charge >= 0.3 is 6.03 Å². The second-order valence-electron chi connectivity index (χ2n) is 5.55. The highest BCUT2D eigenvalue weighted by Gasteiger charge is 2.21. The SMILES string of the molecule is Cc1ccc(CNC(=O)N(C)C2CCCCC2)cc1. The van der Waals surface area contributed by atoms with Crippen molar-refractivity contribution >= 4 is 6.03 Å². The molecule has 2 amide bonds. The maximum atomic E-state index is 12.1. The summed E-state index contributed by atoms with van der Waals surface area (Å²) in [6.07, 6.45) is 6.11. The number of hydrogen-bond acceptors (Lipinski definition) is 1. The third-order valence-corrected chi connectivity index (χ3v) is 4.01. The highest BCUT2D eigenvalue weighted by Crippen LogP contribution is 2.21. The minimum absolute atomic E-state index is 0.0486. The Bertz CT molecular complexity index is 407. The lowest BCUT2D eigenvalue weighted by molar-refractivity contribution is 0.173. The number of nitrogens with one attached hydrogen (secondary N) is 1. The van der Waals surface area contributed by atoms with Crippen molar-refractivity contribution in [2.24, 2.45) is 0 Å². The molecule has 1 aliphatic rings. The summed E-state index contributed by atoms with van der Waals surface area (Å²) in [6, 6.07) is 8.75. The first-order chi connectivity index (χ1) is 9.16. The van der Waals surface area contributed by atoms with E-state index in [9.17, 15) is 4.79 Å². The van der Waals surface area contributed by atoms with Crippen LogP contribution in [-0.4, -0.2) is 24.0 Å². The summed E-state index contributed by atoms with van der Waals surface area (Å²) in [5.74, 6) is 0. The fraction of sp³-hybridized carbons (Fsp3) is 0.562.